The number of rotatable bonds is 6. The molecule has 1 aliphatic rings. The zero-order chi connectivity index (χ0) is 25.0. The molecular weight excluding hydrogens is 486 g/mol. The molecule has 1 amide bonds. The SMILES string of the molecule is C#CCn1c(=NC(=O)C2CCCN(S(=O)(=O)c3ccccc3)C2)sc2cc(C(=O)OCC)ccc21. The van der Waals surface area contributed by atoms with Crippen molar-refractivity contribution < 1.29 is 22.7 Å². The Balaban J connectivity index is 1.64. The highest BCUT2D eigenvalue weighted by Crippen LogP contribution is 2.25. The molecule has 10 heteroatoms. The molecule has 35 heavy (non-hydrogen) atoms. The summed E-state index contributed by atoms with van der Waals surface area (Å²) in [5, 5.41) is 0. The lowest BCUT2D eigenvalue weighted by Gasteiger charge is -2.30. The van der Waals surface area contributed by atoms with E-state index in [2.05, 4.69) is 10.9 Å². The van der Waals surface area contributed by atoms with Crippen molar-refractivity contribution in [3.63, 3.8) is 0 Å². The fourth-order valence-electron chi connectivity index (χ4n) is 4.03. The number of benzene rings is 2. The van der Waals surface area contributed by atoms with Crippen LogP contribution in [0, 0.1) is 18.3 Å². The Labute approximate surface area is 207 Å². The third-order valence-electron chi connectivity index (χ3n) is 5.76. The van der Waals surface area contributed by atoms with Crippen molar-refractivity contribution in [1.82, 2.24) is 8.87 Å². The molecule has 0 aliphatic carbocycles. The summed E-state index contributed by atoms with van der Waals surface area (Å²) in [7, 11) is -3.69. The second-order valence-corrected chi connectivity index (χ2v) is 11.0. The first kappa shape index (κ1) is 24.9. The first-order valence-electron chi connectivity index (χ1n) is 11.2. The van der Waals surface area contributed by atoms with Crippen molar-refractivity contribution in [2.75, 3.05) is 19.7 Å². The van der Waals surface area contributed by atoms with Crippen LogP contribution in [0.25, 0.3) is 10.2 Å². The van der Waals surface area contributed by atoms with Gasteiger partial charge in [-0.15, -0.1) is 6.42 Å². The van der Waals surface area contributed by atoms with Crippen LogP contribution < -0.4 is 4.80 Å². The average molecular weight is 512 g/mol. The van der Waals surface area contributed by atoms with Gasteiger partial charge in [0.1, 0.15) is 0 Å². The number of carbonyl (C=O) groups is 2. The van der Waals surface area contributed by atoms with Gasteiger partial charge in [0.2, 0.25) is 10.0 Å². The van der Waals surface area contributed by atoms with E-state index in [0.29, 0.717) is 29.8 Å². The van der Waals surface area contributed by atoms with E-state index in [-0.39, 0.29) is 30.5 Å². The maximum absolute atomic E-state index is 13.1. The van der Waals surface area contributed by atoms with Crippen LogP contribution in [0.4, 0.5) is 0 Å². The molecule has 0 spiro atoms. The van der Waals surface area contributed by atoms with E-state index in [4.69, 9.17) is 11.2 Å². The number of aromatic nitrogens is 1. The van der Waals surface area contributed by atoms with Crippen molar-refractivity contribution in [1.29, 1.82) is 0 Å². The number of nitrogens with zero attached hydrogens (tertiary/aromatic N) is 3. The first-order chi connectivity index (χ1) is 16.8. The van der Waals surface area contributed by atoms with Crippen molar-refractivity contribution >= 4 is 43.5 Å². The number of sulfonamides is 1. The van der Waals surface area contributed by atoms with Crippen LogP contribution in [-0.2, 0) is 26.1 Å². The lowest BCUT2D eigenvalue weighted by Crippen LogP contribution is -2.42. The Morgan fingerprint density at radius 1 is 1.23 bits per heavy atom. The molecule has 2 aromatic carbocycles. The molecule has 3 aromatic rings. The molecule has 0 radical (unpaired) electrons. The molecule has 1 unspecified atom stereocenters. The number of amides is 1. The number of fused-ring (bicyclic) bond motifs is 1. The number of esters is 1. The monoisotopic (exact) mass is 511 g/mol. The highest BCUT2D eigenvalue weighted by atomic mass is 32.2. The van der Waals surface area contributed by atoms with E-state index >= 15 is 0 Å². The molecule has 2 heterocycles. The second kappa shape index (κ2) is 10.6. The Bertz CT molecular complexity index is 1470. The van der Waals surface area contributed by atoms with Gasteiger partial charge in [0.15, 0.2) is 4.80 Å². The molecule has 0 bridgehead atoms. The van der Waals surface area contributed by atoms with Gasteiger partial charge < -0.3 is 9.30 Å². The topological polar surface area (TPSA) is 98.0 Å². The number of carbonyl (C=O) groups excluding carboxylic acids is 2. The van der Waals surface area contributed by atoms with Gasteiger partial charge in [-0.2, -0.15) is 9.30 Å². The molecular formula is C25H25N3O5S2. The van der Waals surface area contributed by atoms with Gasteiger partial charge >= 0.3 is 5.97 Å². The number of hydrogen-bond donors (Lipinski definition) is 0. The lowest BCUT2D eigenvalue weighted by atomic mass is 9.99. The Hall–Kier alpha value is -3.26. The van der Waals surface area contributed by atoms with E-state index in [0.717, 1.165) is 10.2 Å². The van der Waals surface area contributed by atoms with E-state index in [1.165, 1.54) is 15.6 Å². The number of ether oxygens (including phenoxy) is 1. The average Bonchev–Trinajstić information content (AvgIpc) is 3.21. The van der Waals surface area contributed by atoms with Gasteiger partial charge in [-0.3, -0.25) is 4.79 Å². The summed E-state index contributed by atoms with van der Waals surface area (Å²) in [5.41, 5.74) is 1.16. The smallest absolute Gasteiger partial charge is 0.338 e. The molecule has 0 saturated carbocycles. The Kier molecular flexibility index (Phi) is 7.50. The Morgan fingerprint density at radius 2 is 2.00 bits per heavy atom. The summed E-state index contributed by atoms with van der Waals surface area (Å²) < 4.78 is 35.0. The summed E-state index contributed by atoms with van der Waals surface area (Å²) in [6.07, 6.45) is 6.67. The minimum atomic E-state index is -3.69. The summed E-state index contributed by atoms with van der Waals surface area (Å²) in [6.45, 7) is 2.64. The lowest BCUT2D eigenvalue weighted by molar-refractivity contribution is -0.122. The number of thiazole rings is 1. The maximum atomic E-state index is 13.1. The maximum Gasteiger partial charge on any atom is 0.338 e. The standard InChI is InChI=1S/C25H25N3O5S2/c1-3-14-28-21-13-12-18(24(30)33-4-2)16-22(21)34-25(28)26-23(29)19-9-8-15-27(17-19)35(31,32)20-10-6-5-7-11-20/h1,5-7,10-13,16,19H,4,8-9,14-15,17H2,2H3. The fraction of sp³-hybridized carbons (Fsp3) is 0.320. The largest absolute Gasteiger partial charge is 0.462 e. The van der Waals surface area contributed by atoms with Crippen LogP contribution >= 0.6 is 11.3 Å². The minimum absolute atomic E-state index is 0.0760. The molecule has 8 nitrogen and oxygen atoms in total. The van der Waals surface area contributed by atoms with Crippen molar-refractivity contribution in [2.45, 2.75) is 31.2 Å². The van der Waals surface area contributed by atoms with E-state index < -0.39 is 21.9 Å². The zero-order valence-corrected chi connectivity index (χ0v) is 20.8. The number of terminal acetylenes is 1. The summed E-state index contributed by atoms with van der Waals surface area (Å²) in [6, 6.07) is 13.3. The predicted octanol–water partition coefficient (Wildman–Crippen LogP) is 3.04. The normalized spacial score (nSPS) is 17.3. The van der Waals surface area contributed by atoms with Gasteiger partial charge in [-0.25, -0.2) is 13.2 Å². The van der Waals surface area contributed by atoms with Crippen LogP contribution in [-0.4, -0.2) is 48.9 Å². The van der Waals surface area contributed by atoms with Gasteiger partial charge in [-0.1, -0.05) is 35.5 Å². The Morgan fingerprint density at radius 3 is 2.71 bits per heavy atom. The first-order valence-corrected chi connectivity index (χ1v) is 13.5. The predicted molar refractivity (Wildman–Crippen MR) is 133 cm³/mol. The van der Waals surface area contributed by atoms with E-state index in [1.807, 2.05) is 0 Å². The summed E-state index contributed by atoms with van der Waals surface area (Å²) in [4.78, 5) is 30.2. The third kappa shape index (κ3) is 5.22. The molecule has 182 valence electrons. The van der Waals surface area contributed by atoms with Crippen LogP contribution in [0.1, 0.15) is 30.1 Å². The number of piperidine rings is 1. The zero-order valence-electron chi connectivity index (χ0n) is 19.2. The van der Waals surface area contributed by atoms with Crippen LogP contribution in [0.5, 0.6) is 0 Å². The molecule has 1 aromatic heterocycles. The summed E-state index contributed by atoms with van der Waals surface area (Å²) >= 11 is 1.25. The van der Waals surface area contributed by atoms with Crippen LogP contribution in [0.15, 0.2) is 58.4 Å². The molecule has 1 fully saturated rings. The van der Waals surface area contributed by atoms with Crippen molar-refractivity contribution in [2.24, 2.45) is 10.9 Å². The quantitative estimate of drug-likeness (QED) is 0.374. The molecule has 1 aliphatic heterocycles. The molecule has 0 N–H and O–H groups in total. The highest BCUT2D eigenvalue weighted by molar-refractivity contribution is 7.89. The number of hydrogen-bond acceptors (Lipinski definition) is 6. The second-order valence-electron chi connectivity index (χ2n) is 8.04. The molecule has 4 rings (SSSR count). The highest BCUT2D eigenvalue weighted by Gasteiger charge is 2.33. The fourth-order valence-corrected chi connectivity index (χ4v) is 6.65. The van der Waals surface area contributed by atoms with E-state index in [1.54, 1.807) is 60.0 Å². The van der Waals surface area contributed by atoms with E-state index in [9.17, 15) is 18.0 Å². The molecule has 1 atom stereocenters. The van der Waals surface area contributed by atoms with Crippen LogP contribution in [0.2, 0.25) is 0 Å². The minimum Gasteiger partial charge on any atom is -0.462 e. The third-order valence-corrected chi connectivity index (χ3v) is 8.68. The summed E-state index contributed by atoms with van der Waals surface area (Å²) in [5.74, 6) is 1.21. The van der Waals surface area contributed by atoms with Gasteiger partial charge in [-0.05, 0) is 50.1 Å². The van der Waals surface area contributed by atoms with Crippen molar-refractivity contribution in [3.05, 3.63) is 58.9 Å². The molecule has 1 saturated heterocycles. The van der Waals surface area contributed by atoms with Gasteiger partial charge in [0.25, 0.3) is 5.91 Å². The van der Waals surface area contributed by atoms with Gasteiger partial charge in [0.05, 0.1) is 39.7 Å². The van der Waals surface area contributed by atoms with Crippen LogP contribution in [0.3, 0.4) is 0 Å². The van der Waals surface area contributed by atoms with Crippen molar-refractivity contribution in [3.8, 4) is 12.3 Å². The van der Waals surface area contributed by atoms with Gasteiger partial charge in [0, 0.05) is 13.1 Å².